The number of carbonyl (C=O) groups excluding carboxylic acids is 2. The van der Waals surface area contributed by atoms with Gasteiger partial charge in [0.2, 0.25) is 0 Å². The first kappa shape index (κ1) is 17.9. The van der Waals surface area contributed by atoms with Crippen LogP contribution in [0.4, 0.5) is 0 Å². The van der Waals surface area contributed by atoms with Gasteiger partial charge in [0.15, 0.2) is 15.9 Å². The van der Waals surface area contributed by atoms with Crippen LogP contribution >= 0.6 is 0 Å². The summed E-state index contributed by atoms with van der Waals surface area (Å²) in [4.78, 5) is 23.7. The van der Waals surface area contributed by atoms with Crippen LogP contribution in [0.2, 0.25) is 0 Å². The molecule has 1 aromatic carbocycles. The summed E-state index contributed by atoms with van der Waals surface area (Å²) >= 11 is 0. The summed E-state index contributed by atoms with van der Waals surface area (Å²) in [6, 6.07) is 5.77. The fourth-order valence-electron chi connectivity index (χ4n) is 1.66. The second-order valence-electron chi connectivity index (χ2n) is 4.48. The Hall–Kier alpha value is -2.15. The molecule has 0 fully saturated rings. The molecule has 22 heavy (non-hydrogen) atoms. The zero-order valence-corrected chi connectivity index (χ0v) is 13.4. The largest absolute Gasteiger partial charge is 0.449 e. The molecule has 120 valence electrons. The molecule has 0 bridgehead atoms. The van der Waals surface area contributed by atoms with Gasteiger partial charge in [-0.3, -0.25) is 4.79 Å². The van der Waals surface area contributed by atoms with Gasteiger partial charge in [-0.05, 0) is 19.1 Å². The second kappa shape index (κ2) is 7.74. The maximum atomic E-state index is 12.1. The van der Waals surface area contributed by atoms with Crippen molar-refractivity contribution in [3.05, 3.63) is 42.5 Å². The minimum absolute atomic E-state index is 0.0762. The fourth-order valence-corrected chi connectivity index (χ4v) is 2.74. The van der Waals surface area contributed by atoms with Crippen molar-refractivity contribution in [3.63, 3.8) is 0 Å². The van der Waals surface area contributed by atoms with Crippen molar-refractivity contribution in [1.82, 2.24) is 5.32 Å². The van der Waals surface area contributed by atoms with Crippen molar-refractivity contribution in [2.24, 2.45) is 0 Å². The van der Waals surface area contributed by atoms with Gasteiger partial charge >= 0.3 is 5.97 Å². The van der Waals surface area contributed by atoms with E-state index in [9.17, 15) is 18.0 Å². The topological polar surface area (TPSA) is 89.5 Å². The van der Waals surface area contributed by atoms with E-state index < -0.39 is 27.8 Å². The van der Waals surface area contributed by atoms with E-state index in [2.05, 4.69) is 11.9 Å². The molecule has 1 aromatic rings. The number of nitrogens with one attached hydrogen (secondary N) is 1. The number of carbonyl (C=O) groups is 2. The van der Waals surface area contributed by atoms with Crippen LogP contribution < -0.4 is 5.32 Å². The molecule has 0 aliphatic heterocycles. The van der Waals surface area contributed by atoms with Gasteiger partial charge < -0.3 is 10.1 Å². The maximum Gasteiger partial charge on any atom is 0.340 e. The lowest BCUT2D eigenvalue weighted by molar-refractivity contribution is -0.128. The highest BCUT2D eigenvalue weighted by Gasteiger charge is 2.24. The van der Waals surface area contributed by atoms with E-state index in [-0.39, 0.29) is 22.8 Å². The van der Waals surface area contributed by atoms with E-state index in [4.69, 9.17) is 4.74 Å². The van der Waals surface area contributed by atoms with Gasteiger partial charge in [-0.15, -0.1) is 6.58 Å². The van der Waals surface area contributed by atoms with E-state index >= 15 is 0 Å². The average Bonchev–Trinajstić information content (AvgIpc) is 2.52. The third-order valence-electron chi connectivity index (χ3n) is 2.90. The van der Waals surface area contributed by atoms with Crippen molar-refractivity contribution < 1.29 is 22.7 Å². The molecule has 0 saturated carbocycles. The predicted molar refractivity (Wildman–Crippen MR) is 82.3 cm³/mol. The zero-order valence-electron chi connectivity index (χ0n) is 12.5. The lowest BCUT2D eigenvalue weighted by Gasteiger charge is -2.14. The van der Waals surface area contributed by atoms with Gasteiger partial charge in [-0.2, -0.15) is 0 Å². The number of esters is 1. The standard InChI is InChI=1S/C15H19NO5S/c1-4-10-16-14(17)11(3)21-15(18)12-8-6-7-9-13(12)22(19,20)5-2/h4,6-9,11H,1,5,10H2,2-3H3,(H,16,17)/t11-/m0/s1. The summed E-state index contributed by atoms with van der Waals surface area (Å²) in [6.45, 7) is 6.61. The monoisotopic (exact) mass is 325 g/mol. The quantitative estimate of drug-likeness (QED) is 0.603. The Bertz CT molecular complexity index is 666. The highest BCUT2D eigenvalue weighted by molar-refractivity contribution is 7.91. The highest BCUT2D eigenvalue weighted by Crippen LogP contribution is 2.18. The molecule has 7 heteroatoms. The Morgan fingerprint density at radius 3 is 2.59 bits per heavy atom. The van der Waals surface area contributed by atoms with Crippen LogP contribution in [0, 0.1) is 0 Å². The molecule has 0 spiro atoms. The molecule has 1 amide bonds. The Morgan fingerprint density at radius 1 is 1.36 bits per heavy atom. The predicted octanol–water partition coefficient (Wildman–Crippen LogP) is 1.33. The van der Waals surface area contributed by atoms with Crippen LogP contribution in [0.15, 0.2) is 41.8 Å². The fraction of sp³-hybridized carbons (Fsp3) is 0.333. The summed E-state index contributed by atoms with van der Waals surface area (Å²) in [5.74, 6) is -1.47. The van der Waals surface area contributed by atoms with Crippen LogP contribution in [-0.2, 0) is 19.4 Å². The molecule has 0 heterocycles. The lowest BCUT2D eigenvalue weighted by Crippen LogP contribution is -2.36. The van der Waals surface area contributed by atoms with Gasteiger partial charge in [0.25, 0.3) is 5.91 Å². The average molecular weight is 325 g/mol. The van der Waals surface area contributed by atoms with E-state index in [0.717, 1.165) is 0 Å². The van der Waals surface area contributed by atoms with Gasteiger partial charge in [-0.25, -0.2) is 13.2 Å². The molecule has 6 nitrogen and oxygen atoms in total. The van der Waals surface area contributed by atoms with Crippen LogP contribution in [-0.4, -0.2) is 38.7 Å². The Labute approximate surface area is 130 Å². The van der Waals surface area contributed by atoms with Crippen LogP contribution in [0.25, 0.3) is 0 Å². The summed E-state index contributed by atoms with van der Waals surface area (Å²) in [5.41, 5.74) is -0.0762. The number of hydrogen-bond acceptors (Lipinski definition) is 5. The third kappa shape index (κ3) is 4.42. The van der Waals surface area contributed by atoms with Crippen molar-refractivity contribution in [3.8, 4) is 0 Å². The van der Waals surface area contributed by atoms with E-state index in [0.29, 0.717) is 0 Å². The van der Waals surface area contributed by atoms with Crippen LogP contribution in [0.3, 0.4) is 0 Å². The Kier molecular flexibility index (Phi) is 6.30. The molecule has 1 N–H and O–H groups in total. The first-order valence-electron chi connectivity index (χ1n) is 6.74. The maximum absolute atomic E-state index is 12.1. The molecule has 0 unspecified atom stereocenters. The number of hydrogen-bond donors (Lipinski definition) is 1. The molecule has 0 saturated heterocycles. The van der Waals surface area contributed by atoms with Gasteiger partial charge in [-0.1, -0.05) is 25.1 Å². The SMILES string of the molecule is C=CCNC(=O)[C@H](C)OC(=O)c1ccccc1S(=O)(=O)CC. The highest BCUT2D eigenvalue weighted by atomic mass is 32.2. The van der Waals surface area contributed by atoms with Crippen molar-refractivity contribution in [1.29, 1.82) is 0 Å². The summed E-state index contributed by atoms with van der Waals surface area (Å²) in [6.07, 6.45) is 0.458. The lowest BCUT2D eigenvalue weighted by atomic mass is 10.2. The van der Waals surface area contributed by atoms with Crippen molar-refractivity contribution in [2.45, 2.75) is 24.8 Å². The van der Waals surface area contributed by atoms with Crippen LogP contribution in [0.5, 0.6) is 0 Å². The molecular weight excluding hydrogens is 306 g/mol. The minimum atomic E-state index is -3.56. The third-order valence-corrected chi connectivity index (χ3v) is 4.68. The Balaban J connectivity index is 2.96. The number of ether oxygens (including phenoxy) is 1. The number of amides is 1. The first-order valence-corrected chi connectivity index (χ1v) is 8.40. The molecule has 0 aromatic heterocycles. The summed E-state index contributed by atoms with van der Waals surface area (Å²) in [5, 5.41) is 2.49. The van der Waals surface area contributed by atoms with Gasteiger partial charge in [0.05, 0.1) is 16.2 Å². The molecule has 0 aliphatic rings. The van der Waals surface area contributed by atoms with Gasteiger partial charge in [0.1, 0.15) is 0 Å². The van der Waals surface area contributed by atoms with E-state index in [1.165, 1.54) is 44.2 Å². The second-order valence-corrected chi connectivity index (χ2v) is 6.73. The number of rotatable bonds is 7. The smallest absolute Gasteiger partial charge is 0.340 e. The zero-order chi connectivity index (χ0) is 16.8. The molecular formula is C15H19NO5S. The van der Waals surface area contributed by atoms with E-state index in [1.54, 1.807) is 0 Å². The molecule has 0 aliphatic carbocycles. The molecule has 1 atom stereocenters. The number of sulfone groups is 1. The Morgan fingerprint density at radius 2 is 2.00 bits per heavy atom. The van der Waals surface area contributed by atoms with Crippen molar-refractivity contribution >= 4 is 21.7 Å². The van der Waals surface area contributed by atoms with Crippen molar-refractivity contribution in [2.75, 3.05) is 12.3 Å². The molecule has 0 radical (unpaired) electrons. The first-order chi connectivity index (χ1) is 10.3. The minimum Gasteiger partial charge on any atom is -0.449 e. The number of benzene rings is 1. The summed E-state index contributed by atoms with van der Waals surface area (Å²) < 4.78 is 29.0. The van der Waals surface area contributed by atoms with Crippen LogP contribution in [0.1, 0.15) is 24.2 Å². The van der Waals surface area contributed by atoms with Gasteiger partial charge in [0, 0.05) is 6.54 Å². The summed E-state index contributed by atoms with van der Waals surface area (Å²) in [7, 11) is -3.56. The van der Waals surface area contributed by atoms with E-state index in [1.807, 2.05) is 0 Å². The normalized spacial score (nSPS) is 12.3. The molecule has 1 rings (SSSR count).